The molecule has 0 atom stereocenters. The van der Waals surface area contributed by atoms with Crippen LogP contribution in [0.5, 0.6) is 11.5 Å². The van der Waals surface area contributed by atoms with Crippen LogP contribution in [0.25, 0.3) is 0 Å². The molecule has 22 heavy (non-hydrogen) atoms. The summed E-state index contributed by atoms with van der Waals surface area (Å²) in [4.78, 5) is 11.9. The van der Waals surface area contributed by atoms with Crippen molar-refractivity contribution >= 4 is 17.4 Å². The van der Waals surface area contributed by atoms with E-state index in [1.54, 1.807) is 18.2 Å². The number of nitrogens with one attached hydrogen (secondary N) is 2. The molecular weight excluding hydrogens is 294 g/mol. The molecule has 5 nitrogen and oxygen atoms in total. The number of hydrogen-bond acceptors (Lipinski definition) is 3. The average Bonchev–Trinajstić information content (AvgIpc) is 2.50. The van der Waals surface area contributed by atoms with E-state index in [4.69, 9.17) is 9.47 Å². The number of carbonyl (C=O) groups excluding carboxylic acids is 1. The molecular formula is C15H14F2N2O3. The molecule has 2 rings (SSSR count). The first-order valence-electron chi connectivity index (χ1n) is 6.28. The molecule has 7 heteroatoms. The van der Waals surface area contributed by atoms with Crippen LogP contribution in [0.2, 0.25) is 0 Å². The number of carbonyl (C=O) groups is 1. The summed E-state index contributed by atoms with van der Waals surface area (Å²) >= 11 is 0. The van der Waals surface area contributed by atoms with Crippen LogP contribution in [0.4, 0.5) is 25.0 Å². The molecule has 2 N–H and O–H groups in total. The Labute approximate surface area is 125 Å². The number of rotatable bonds is 4. The van der Waals surface area contributed by atoms with Gasteiger partial charge in [-0.2, -0.15) is 0 Å². The standard InChI is InChI=1S/C15H14F2N2O3/c1-21-10-4-6-14(22-2)13(8-10)19-15(20)18-12-5-3-9(16)7-11(12)17/h3-8H,1-2H3,(H2,18,19,20). The van der Waals surface area contributed by atoms with Gasteiger partial charge in [0.2, 0.25) is 0 Å². The molecule has 2 aromatic carbocycles. The van der Waals surface area contributed by atoms with Gasteiger partial charge in [0.05, 0.1) is 25.6 Å². The summed E-state index contributed by atoms with van der Waals surface area (Å²) in [5.41, 5.74) is 0.211. The van der Waals surface area contributed by atoms with E-state index in [0.29, 0.717) is 23.3 Å². The molecule has 0 heterocycles. The number of hydrogen-bond donors (Lipinski definition) is 2. The highest BCUT2D eigenvalue weighted by Crippen LogP contribution is 2.29. The Kier molecular flexibility index (Phi) is 4.77. The Balaban J connectivity index is 2.14. The van der Waals surface area contributed by atoms with Crippen molar-refractivity contribution in [2.45, 2.75) is 0 Å². The van der Waals surface area contributed by atoms with Crippen LogP contribution in [0.15, 0.2) is 36.4 Å². The number of ether oxygens (including phenoxy) is 2. The first-order chi connectivity index (χ1) is 10.5. The molecule has 0 fully saturated rings. The van der Waals surface area contributed by atoms with Gasteiger partial charge in [0, 0.05) is 12.1 Å². The van der Waals surface area contributed by atoms with E-state index >= 15 is 0 Å². The highest BCUT2D eigenvalue weighted by atomic mass is 19.1. The third-order valence-corrected chi connectivity index (χ3v) is 2.83. The monoisotopic (exact) mass is 308 g/mol. The van der Waals surface area contributed by atoms with Gasteiger partial charge in [0.15, 0.2) is 0 Å². The first kappa shape index (κ1) is 15.6. The van der Waals surface area contributed by atoms with Crippen LogP contribution in [0, 0.1) is 11.6 Å². The van der Waals surface area contributed by atoms with E-state index in [9.17, 15) is 13.6 Å². The zero-order valence-electron chi connectivity index (χ0n) is 11.9. The summed E-state index contributed by atoms with van der Waals surface area (Å²) in [7, 11) is 2.93. The van der Waals surface area contributed by atoms with Crippen LogP contribution >= 0.6 is 0 Å². The lowest BCUT2D eigenvalue weighted by atomic mass is 10.2. The lowest BCUT2D eigenvalue weighted by Crippen LogP contribution is -2.20. The van der Waals surface area contributed by atoms with Gasteiger partial charge in [0.1, 0.15) is 23.1 Å². The molecule has 2 aromatic rings. The molecule has 0 aliphatic carbocycles. The Morgan fingerprint density at radius 1 is 0.955 bits per heavy atom. The molecule has 116 valence electrons. The van der Waals surface area contributed by atoms with Crippen molar-refractivity contribution in [2.24, 2.45) is 0 Å². The summed E-state index contributed by atoms with van der Waals surface area (Å²) in [6.45, 7) is 0. The number of anilines is 2. The van der Waals surface area contributed by atoms with Crippen LogP contribution in [-0.4, -0.2) is 20.3 Å². The zero-order chi connectivity index (χ0) is 16.1. The molecule has 0 radical (unpaired) electrons. The predicted octanol–water partition coefficient (Wildman–Crippen LogP) is 3.63. The summed E-state index contributed by atoms with van der Waals surface area (Å²) in [6, 6.07) is 7.00. The number of benzene rings is 2. The maximum atomic E-state index is 13.5. The van der Waals surface area contributed by atoms with E-state index < -0.39 is 17.7 Å². The molecule has 0 saturated carbocycles. The lowest BCUT2D eigenvalue weighted by Gasteiger charge is -2.12. The van der Waals surface area contributed by atoms with Gasteiger partial charge in [0.25, 0.3) is 0 Å². The van der Waals surface area contributed by atoms with Crippen molar-refractivity contribution in [3.05, 3.63) is 48.0 Å². The zero-order valence-corrected chi connectivity index (χ0v) is 11.9. The maximum Gasteiger partial charge on any atom is 0.323 e. The van der Waals surface area contributed by atoms with Gasteiger partial charge in [-0.25, -0.2) is 13.6 Å². The number of methoxy groups -OCH3 is 2. The topological polar surface area (TPSA) is 59.6 Å². The first-order valence-corrected chi connectivity index (χ1v) is 6.28. The molecule has 0 aliphatic rings. The molecule has 0 aromatic heterocycles. The smallest absolute Gasteiger partial charge is 0.323 e. The van der Waals surface area contributed by atoms with Crippen molar-refractivity contribution in [1.82, 2.24) is 0 Å². The predicted molar refractivity (Wildman–Crippen MR) is 78.5 cm³/mol. The van der Waals surface area contributed by atoms with E-state index in [2.05, 4.69) is 10.6 Å². The third-order valence-electron chi connectivity index (χ3n) is 2.83. The summed E-state index contributed by atoms with van der Waals surface area (Å²) in [5.74, 6) is -0.662. The minimum Gasteiger partial charge on any atom is -0.497 e. The Bertz CT molecular complexity index is 692. The third kappa shape index (κ3) is 3.63. The van der Waals surface area contributed by atoms with Crippen LogP contribution in [-0.2, 0) is 0 Å². The van der Waals surface area contributed by atoms with Gasteiger partial charge in [-0.15, -0.1) is 0 Å². The highest BCUT2D eigenvalue weighted by Gasteiger charge is 2.11. The second-order valence-corrected chi connectivity index (χ2v) is 4.27. The van der Waals surface area contributed by atoms with Crippen LogP contribution < -0.4 is 20.1 Å². The van der Waals surface area contributed by atoms with Gasteiger partial charge in [-0.05, 0) is 24.3 Å². The molecule has 0 bridgehead atoms. The summed E-state index contributed by atoms with van der Waals surface area (Å²) in [6.07, 6.45) is 0. The number of urea groups is 1. The van der Waals surface area contributed by atoms with Gasteiger partial charge in [-0.1, -0.05) is 0 Å². The maximum absolute atomic E-state index is 13.5. The molecule has 2 amide bonds. The normalized spacial score (nSPS) is 10.0. The highest BCUT2D eigenvalue weighted by molar-refractivity contribution is 6.00. The summed E-state index contributed by atoms with van der Waals surface area (Å²) in [5, 5.41) is 4.80. The van der Waals surface area contributed by atoms with Gasteiger partial charge in [-0.3, -0.25) is 0 Å². The van der Waals surface area contributed by atoms with Gasteiger partial charge < -0.3 is 20.1 Å². The fourth-order valence-corrected chi connectivity index (χ4v) is 1.78. The minimum atomic E-state index is -0.868. The number of amides is 2. The average molecular weight is 308 g/mol. The van der Waals surface area contributed by atoms with Crippen molar-refractivity contribution in [2.75, 3.05) is 24.9 Å². The van der Waals surface area contributed by atoms with E-state index in [1.165, 1.54) is 14.2 Å². The second-order valence-electron chi connectivity index (χ2n) is 4.27. The molecule has 0 aliphatic heterocycles. The van der Waals surface area contributed by atoms with Crippen LogP contribution in [0.1, 0.15) is 0 Å². The van der Waals surface area contributed by atoms with Crippen molar-refractivity contribution in [3.8, 4) is 11.5 Å². The summed E-state index contributed by atoms with van der Waals surface area (Å²) < 4.78 is 36.5. The fourth-order valence-electron chi connectivity index (χ4n) is 1.78. The van der Waals surface area contributed by atoms with E-state index in [-0.39, 0.29) is 5.69 Å². The Morgan fingerprint density at radius 3 is 2.32 bits per heavy atom. The largest absolute Gasteiger partial charge is 0.497 e. The van der Waals surface area contributed by atoms with Crippen molar-refractivity contribution in [3.63, 3.8) is 0 Å². The molecule has 0 spiro atoms. The molecule has 0 unspecified atom stereocenters. The second kappa shape index (κ2) is 6.75. The lowest BCUT2D eigenvalue weighted by molar-refractivity contribution is 0.262. The SMILES string of the molecule is COc1ccc(OC)c(NC(=O)Nc2ccc(F)cc2F)c1. The van der Waals surface area contributed by atoms with Crippen molar-refractivity contribution < 1.29 is 23.0 Å². The van der Waals surface area contributed by atoms with Crippen LogP contribution in [0.3, 0.4) is 0 Å². The minimum absolute atomic E-state index is 0.138. The van der Waals surface area contributed by atoms with E-state index in [0.717, 1.165) is 12.1 Å². The Morgan fingerprint density at radius 2 is 1.68 bits per heavy atom. The van der Waals surface area contributed by atoms with E-state index in [1.807, 2.05) is 0 Å². The van der Waals surface area contributed by atoms with Gasteiger partial charge >= 0.3 is 6.03 Å². The molecule has 0 saturated heterocycles. The number of halogens is 2. The van der Waals surface area contributed by atoms with Crippen molar-refractivity contribution in [1.29, 1.82) is 0 Å². The fraction of sp³-hybridized carbons (Fsp3) is 0.133. The Hall–Kier alpha value is -2.83. The quantitative estimate of drug-likeness (QED) is 0.907.